The third-order valence-corrected chi connectivity index (χ3v) is 4.62. The second-order valence-electron chi connectivity index (χ2n) is 6.20. The smallest absolute Gasteiger partial charge is 0.123 e. The highest BCUT2D eigenvalue weighted by Crippen LogP contribution is 2.36. The van der Waals surface area contributed by atoms with E-state index in [1.54, 1.807) is 6.07 Å². The summed E-state index contributed by atoms with van der Waals surface area (Å²) in [6.45, 7) is 6.67. The van der Waals surface area contributed by atoms with E-state index in [1.165, 1.54) is 22.9 Å². The van der Waals surface area contributed by atoms with Crippen LogP contribution in [0.5, 0.6) is 0 Å². The SMILES string of the molecule is C=C[C@H]1CN(Cc2ccccc2)Cc2[nH]c3ccc(F)cc3c21. The third kappa shape index (κ3) is 2.57. The molecule has 0 fully saturated rings. The Kier molecular flexibility index (Phi) is 3.50. The monoisotopic (exact) mass is 306 g/mol. The van der Waals surface area contributed by atoms with E-state index in [2.05, 4.69) is 40.7 Å². The summed E-state index contributed by atoms with van der Waals surface area (Å²) in [7, 11) is 0. The lowest BCUT2D eigenvalue weighted by molar-refractivity contribution is 0.232. The summed E-state index contributed by atoms with van der Waals surface area (Å²) in [5, 5.41) is 0.990. The standard InChI is InChI=1S/C20H19FN2/c1-2-15-12-23(11-14-6-4-3-5-7-14)13-19-20(15)17-10-16(21)8-9-18(17)22-19/h2-10,15,22H,1,11-13H2/t15-/m0/s1. The van der Waals surface area contributed by atoms with E-state index >= 15 is 0 Å². The van der Waals surface area contributed by atoms with Crippen LogP contribution >= 0.6 is 0 Å². The van der Waals surface area contributed by atoms with Crippen LogP contribution < -0.4 is 0 Å². The maximum Gasteiger partial charge on any atom is 0.123 e. The van der Waals surface area contributed by atoms with Crippen LogP contribution in [-0.2, 0) is 13.1 Å². The molecule has 0 unspecified atom stereocenters. The molecule has 0 saturated heterocycles. The van der Waals surface area contributed by atoms with E-state index < -0.39 is 0 Å². The first-order valence-corrected chi connectivity index (χ1v) is 7.93. The van der Waals surface area contributed by atoms with E-state index in [1.807, 2.05) is 18.2 Å². The van der Waals surface area contributed by atoms with Gasteiger partial charge in [0.25, 0.3) is 0 Å². The molecule has 4 rings (SSSR count). The molecule has 1 N–H and O–H groups in total. The van der Waals surface area contributed by atoms with Crippen LogP contribution in [0.25, 0.3) is 10.9 Å². The second kappa shape index (κ2) is 5.67. The molecule has 3 heteroatoms. The summed E-state index contributed by atoms with van der Waals surface area (Å²) in [5.41, 5.74) is 4.70. The molecule has 1 aliphatic rings. The van der Waals surface area contributed by atoms with Crippen LogP contribution in [0.1, 0.15) is 22.7 Å². The Morgan fingerprint density at radius 2 is 2.04 bits per heavy atom. The molecule has 0 spiro atoms. The lowest BCUT2D eigenvalue weighted by Crippen LogP contribution is -2.32. The average Bonchev–Trinajstić information content (AvgIpc) is 2.92. The summed E-state index contributed by atoms with van der Waals surface area (Å²) in [6.07, 6.45) is 1.98. The van der Waals surface area contributed by atoms with Gasteiger partial charge < -0.3 is 4.98 Å². The van der Waals surface area contributed by atoms with E-state index in [-0.39, 0.29) is 11.7 Å². The molecule has 2 nitrogen and oxygen atoms in total. The zero-order chi connectivity index (χ0) is 15.8. The van der Waals surface area contributed by atoms with Gasteiger partial charge in [0, 0.05) is 42.1 Å². The number of fused-ring (bicyclic) bond motifs is 3. The molecule has 1 aliphatic heterocycles. The number of halogens is 1. The van der Waals surface area contributed by atoms with Crippen molar-refractivity contribution in [2.45, 2.75) is 19.0 Å². The maximum absolute atomic E-state index is 13.6. The molecule has 1 aromatic heterocycles. The van der Waals surface area contributed by atoms with E-state index in [0.29, 0.717) is 0 Å². The molecule has 2 aromatic carbocycles. The topological polar surface area (TPSA) is 19.0 Å². The zero-order valence-corrected chi connectivity index (χ0v) is 12.9. The lowest BCUT2D eigenvalue weighted by Gasteiger charge is -2.31. The Hall–Kier alpha value is -2.39. The molecule has 23 heavy (non-hydrogen) atoms. The van der Waals surface area contributed by atoms with Gasteiger partial charge in [0.1, 0.15) is 5.82 Å². The molecule has 0 aliphatic carbocycles. The van der Waals surface area contributed by atoms with Crippen LogP contribution in [0.4, 0.5) is 4.39 Å². The molecule has 0 bridgehead atoms. The van der Waals surface area contributed by atoms with Crippen LogP contribution in [0.2, 0.25) is 0 Å². The van der Waals surface area contributed by atoms with Crippen molar-refractivity contribution in [3.8, 4) is 0 Å². The fourth-order valence-electron chi connectivity index (χ4n) is 3.60. The van der Waals surface area contributed by atoms with Crippen molar-refractivity contribution >= 4 is 10.9 Å². The number of benzene rings is 2. The van der Waals surface area contributed by atoms with E-state index in [4.69, 9.17) is 0 Å². The Morgan fingerprint density at radius 1 is 1.22 bits per heavy atom. The van der Waals surface area contributed by atoms with Crippen LogP contribution in [-0.4, -0.2) is 16.4 Å². The molecule has 3 aromatic rings. The average molecular weight is 306 g/mol. The van der Waals surface area contributed by atoms with Gasteiger partial charge in [-0.1, -0.05) is 36.4 Å². The summed E-state index contributed by atoms with van der Waals surface area (Å²) in [5.74, 6) is 0.0341. The molecule has 116 valence electrons. The normalized spacial score (nSPS) is 18.0. The highest BCUT2D eigenvalue weighted by atomic mass is 19.1. The Balaban J connectivity index is 1.71. The number of aromatic nitrogens is 1. The van der Waals surface area contributed by atoms with Gasteiger partial charge in [-0.05, 0) is 29.3 Å². The fourth-order valence-corrected chi connectivity index (χ4v) is 3.60. The minimum atomic E-state index is -0.186. The van der Waals surface area contributed by atoms with Gasteiger partial charge >= 0.3 is 0 Å². The van der Waals surface area contributed by atoms with E-state index in [0.717, 1.165) is 30.5 Å². The molecular formula is C20H19FN2. The van der Waals surface area contributed by atoms with Crippen molar-refractivity contribution < 1.29 is 4.39 Å². The highest BCUT2D eigenvalue weighted by Gasteiger charge is 2.27. The number of nitrogens with zero attached hydrogens (tertiary/aromatic N) is 1. The van der Waals surface area contributed by atoms with Gasteiger partial charge in [-0.15, -0.1) is 6.58 Å². The van der Waals surface area contributed by atoms with Crippen LogP contribution in [0.3, 0.4) is 0 Å². The van der Waals surface area contributed by atoms with Crippen molar-refractivity contribution in [3.63, 3.8) is 0 Å². The van der Waals surface area contributed by atoms with Crippen molar-refractivity contribution in [3.05, 3.63) is 83.8 Å². The Labute approximate surface area is 135 Å². The largest absolute Gasteiger partial charge is 0.357 e. The Bertz CT molecular complexity index is 851. The van der Waals surface area contributed by atoms with Crippen molar-refractivity contribution in [2.24, 2.45) is 0 Å². The predicted octanol–water partition coefficient (Wildman–Crippen LogP) is 4.59. The molecule has 0 amide bonds. The maximum atomic E-state index is 13.6. The number of rotatable bonds is 3. The summed E-state index contributed by atoms with van der Waals surface area (Å²) >= 11 is 0. The number of nitrogens with one attached hydrogen (secondary N) is 1. The van der Waals surface area contributed by atoms with Crippen LogP contribution in [0.15, 0.2) is 61.2 Å². The number of aromatic amines is 1. The number of hydrogen-bond donors (Lipinski definition) is 1. The van der Waals surface area contributed by atoms with Crippen molar-refractivity contribution in [2.75, 3.05) is 6.54 Å². The third-order valence-electron chi connectivity index (χ3n) is 4.62. The summed E-state index contributed by atoms with van der Waals surface area (Å²) in [4.78, 5) is 5.88. The Morgan fingerprint density at radius 3 is 2.83 bits per heavy atom. The molecule has 0 radical (unpaired) electrons. The first-order valence-electron chi connectivity index (χ1n) is 7.93. The van der Waals surface area contributed by atoms with Gasteiger partial charge in [-0.3, -0.25) is 4.90 Å². The lowest BCUT2D eigenvalue weighted by atomic mass is 9.91. The molecular weight excluding hydrogens is 287 g/mol. The van der Waals surface area contributed by atoms with Gasteiger partial charge in [0.05, 0.1) is 0 Å². The first kappa shape index (κ1) is 14.2. The fraction of sp³-hybridized carbons (Fsp3) is 0.200. The minimum absolute atomic E-state index is 0.186. The van der Waals surface area contributed by atoms with Gasteiger partial charge in [0.15, 0.2) is 0 Å². The second-order valence-corrected chi connectivity index (χ2v) is 6.20. The van der Waals surface area contributed by atoms with Crippen LogP contribution in [0, 0.1) is 5.82 Å². The molecule has 2 heterocycles. The van der Waals surface area contributed by atoms with Crippen molar-refractivity contribution in [1.82, 2.24) is 9.88 Å². The summed E-state index contributed by atoms with van der Waals surface area (Å²) < 4.78 is 13.6. The first-order chi connectivity index (χ1) is 11.2. The van der Waals surface area contributed by atoms with Crippen molar-refractivity contribution in [1.29, 1.82) is 0 Å². The number of hydrogen-bond acceptors (Lipinski definition) is 1. The van der Waals surface area contributed by atoms with E-state index in [9.17, 15) is 4.39 Å². The van der Waals surface area contributed by atoms with Gasteiger partial charge in [-0.25, -0.2) is 4.39 Å². The summed E-state index contributed by atoms with van der Waals surface area (Å²) in [6, 6.07) is 15.4. The van der Waals surface area contributed by atoms with Gasteiger partial charge in [-0.2, -0.15) is 0 Å². The predicted molar refractivity (Wildman–Crippen MR) is 91.8 cm³/mol. The zero-order valence-electron chi connectivity index (χ0n) is 12.9. The van der Waals surface area contributed by atoms with Gasteiger partial charge in [0.2, 0.25) is 0 Å². The highest BCUT2D eigenvalue weighted by molar-refractivity contribution is 5.86. The molecule has 0 saturated carbocycles. The quantitative estimate of drug-likeness (QED) is 0.701. The number of H-pyrrole nitrogens is 1. The molecule has 1 atom stereocenters. The minimum Gasteiger partial charge on any atom is -0.357 e.